The van der Waals surface area contributed by atoms with Gasteiger partial charge >= 0.3 is 0 Å². The Labute approximate surface area is 282 Å². The predicted octanol–water partition coefficient (Wildman–Crippen LogP) is 13.2. The minimum absolute atomic E-state index is 0.784. The summed E-state index contributed by atoms with van der Waals surface area (Å²) in [7, 11) is 0. The van der Waals surface area contributed by atoms with Gasteiger partial charge in [0.1, 0.15) is 5.58 Å². The molecule has 0 bridgehead atoms. The highest BCUT2D eigenvalue weighted by molar-refractivity contribution is 6.23. The van der Waals surface area contributed by atoms with E-state index in [1.807, 2.05) is 12.3 Å². The van der Waals surface area contributed by atoms with Crippen molar-refractivity contribution in [3.8, 4) is 44.5 Å². The first-order chi connectivity index (χ1) is 24.3. The quantitative estimate of drug-likeness (QED) is 0.183. The van der Waals surface area contributed by atoms with Crippen molar-refractivity contribution < 1.29 is 8.83 Å². The first-order valence-corrected chi connectivity index (χ1v) is 16.9. The van der Waals surface area contributed by atoms with Gasteiger partial charge in [-0.2, -0.15) is 0 Å². The van der Waals surface area contributed by atoms with Gasteiger partial charge in [-0.15, -0.1) is 0 Å². The fraction of sp³-hybridized carbons (Fsp3) is 0.0213. The van der Waals surface area contributed by atoms with Crippen molar-refractivity contribution in [2.24, 2.45) is 0 Å². The van der Waals surface area contributed by atoms with Crippen molar-refractivity contribution in [1.29, 1.82) is 0 Å². The molecule has 0 amide bonds. The van der Waals surface area contributed by atoms with Gasteiger partial charge < -0.3 is 8.83 Å². The second-order valence-corrected chi connectivity index (χ2v) is 13.2. The Morgan fingerprint density at radius 2 is 0.980 bits per heavy atom. The maximum atomic E-state index is 6.52. The number of hydrogen-bond acceptors (Lipinski definition) is 2. The van der Waals surface area contributed by atoms with Gasteiger partial charge in [-0.1, -0.05) is 127 Å². The molecule has 0 N–H and O–H groups in total. The lowest BCUT2D eigenvalue weighted by atomic mass is 9.85. The molecule has 0 saturated carbocycles. The van der Waals surface area contributed by atoms with Crippen LogP contribution in [-0.4, -0.2) is 0 Å². The summed E-state index contributed by atoms with van der Waals surface area (Å²) in [6, 6.07) is 55.0. The van der Waals surface area contributed by atoms with Crippen LogP contribution < -0.4 is 0 Å². The molecule has 1 aliphatic rings. The Bertz CT molecular complexity index is 2900. The molecule has 2 heterocycles. The van der Waals surface area contributed by atoms with Crippen LogP contribution in [0.5, 0.6) is 0 Å². The number of fused-ring (bicyclic) bond motifs is 10. The van der Waals surface area contributed by atoms with Crippen molar-refractivity contribution in [3.05, 3.63) is 169 Å². The molecule has 2 aromatic heterocycles. The molecular weight excluding hydrogens is 597 g/mol. The highest BCUT2D eigenvalue weighted by Gasteiger charge is 2.22. The SMILES string of the molecule is c1ccc(-c2coc3c2ccc2c4cc(-c5c6ccccc6c(-c6ccc7c(c6)Cc6ccccc6-7)c6ccccc56)ccc4oc23)cc1. The van der Waals surface area contributed by atoms with Crippen LogP contribution in [0.15, 0.2) is 167 Å². The molecule has 10 aromatic rings. The van der Waals surface area contributed by atoms with Crippen LogP contribution in [0.2, 0.25) is 0 Å². The molecular formula is C47H28O2. The summed E-state index contributed by atoms with van der Waals surface area (Å²) < 4.78 is 12.7. The molecule has 1 aliphatic carbocycles. The van der Waals surface area contributed by atoms with Gasteiger partial charge in [0.2, 0.25) is 0 Å². The molecule has 0 saturated heterocycles. The summed E-state index contributed by atoms with van der Waals surface area (Å²) in [5, 5.41) is 8.20. The molecule has 49 heavy (non-hydrogen) atoms. The first kappa shape index (κ1) is 26.7. The summed E-state index contributed by atoms with van der Waals surface area (Å²) in [5.74, 6) is 0. The Balaban J connectivity index is 1.12. The molecule has 228 valence electrons. The topological polar surface area (TPSA) is 26.3 Å². The van der Waals surface area contributed by atoms with Gasteiger partial charge in [0.15, 0.2) is 11.2 Å². The molecule has 0 radical (unpaired) electrons. The Morgan fingerprint density at radius 3 is 1.73 bits per heavy atom. The van der Waals surface area contributed by atoms with Crippen LogP contribution in [0, 0.1) is 0 Å². The van der Waals surface area contributed by atoms with E-state index in [1.165, 1.54) is 66.1 Å². The minimum atomic E-state index is 0.784. The zero-order valence-corrected chi connectivity index (χ0v) is 26.5. The molecule has 0 fully saturated rings. The summed E-state index contributed by atoms with van der Waals surface area (Å²) in [5.41, 5.74) is 15.1. The number of benzene rings is 8. The molecule has 0 aliphatic heterocycles. The fourth-order valence-electron chi connectivity index (χ4n) is 8.37. The van der Waals surface area contributed by atoms with E-state index >= 15 is 0 Å². The van der Waals surface area contributed by atoms with E-state index < -0.39 is 0 Å². The van der Waals surface area contributed by atoms with E-state index in [0.717, 1.165) is 50.5 Å². The van der Waals surface area contributed by atoms with Crippen molar-refractivity contribution in [2.75, 3.05) is 0 Å². The molecule has 0 unspecified atom stereocenters. The van der Waals surface area contributed by atoms with E-state index in [2.05, 4.69) is 146 Å². The van der Waals surface area contributed by atoms with Gasteiger partial charge in [-0.3, -0.25) is 0 Å². The Kier molecular flexibility index (Phi) is 5.47. The standard InChI is InChI=1S/C47H28O2/c1-2-10-28(11-3-1)42-27-48-46-40(42)22-21-39-41-26-31(19-23-43(41)49-47(39)46)45-37-16-8-6-14-35(37)44(36-15-7-9-17-38(36)45)30-18-20-34-32(25-30)24-29-12-4-5-13-33(29)34/h1-23,25-27H,24H2. The maximum Gasteiger partial charge on any atom is 0.178 e. The third-order valence-corrected chi connectivity index (χ3v) is 10.6. The van der Waals surface area contributed by atoms with Crippen LogP contribution in [0.25, 0.3) is 99.0 Å². The number of hydrogen-bond donors (Lipinski definition) is 0. The maximum absolute atomic E-state index is 6.52. The van der Waals surface area contributed by atoms with Gasteiger partial charge in [-0.25, -0.2) is 0 Å². The average molecular weight is 625 g/mol. The second kappa shape index (κ2) is 10.1. The predicted molar refractivity (Wildman–Crippen MR) is 203 cm³/mol. The summed E-state index contributed by atoms with van der Waals surface area (Å²) in [6.07, 6.45) is 2.82. The van der Waals surface area contributed by atoms with Gasteiger partial charge in [0, 0.05) is 21.7 Å². The molecule has 2 heteroatoms. The number of furan rings is 2. The van der Waals surface area contributed by atoms with Crippen molar-refractivity contribution >= 4 is 54.5 Å². The van der Waals surface area contributed by atoms with Gasteiger partial charge in [-0.05, 0) is 102 Å². The van der Waals surface area contributed by atoms with Crippen molar-refractivity contribution in [1.82, 2.24) is 0 Å². The van der Waals surface area contributed by atoms with E-state index in [4.69, 9.17) is 8.83 Å². The van der Waals surface area contributed by atoms with E-state index in [1.54, 1.807) is 0 Å². The van der Waals surface area contributed by atoms with E-state index in [0.29, 0.717) is 0 Å². The monoisotopic (exact) mass is 624 g/mol. The lowest BCUT2D eigenvalue weighted by molar-refractivity contribution is 0.600. The Morgan fingerprint density at radius 1 is 0.367 bits per heavy atom. The lowest BCUT2D eigenvalue weighted by Gasteiger charge is -2.18. The molecule has 0 atom stereocenters. The second-order valence-electron chi connectivity index (χ2n) is 13.2. The molecule has 11 rings (SSSR count). The van der Waals surface area contributed by atoms with Crippen molar-refractivity contribution in [2.45, 2.75) is 6.42 Å². The fourth-order valence-corrected chi connectivity index (χ4v) is 8.37. The van der Waals surface area contributed by atoms with E-state index in [9.17, 15) is 0 Å². The van der Waals surface area contributed by atoms with E-state index in [-0.39, 0.29) is 0 Å². The smallest absolute Gasteiger partial charge is 0.178 e. The highest BCUT2D eigenvalue weighted by atomic mass is 16.4. The average Bonchev–Trinajstić information content (AvgIpc) is 3.87. The third-order valence-electron chi connectivity index (χ3n) is 10.6. The normalized spacial score (nSPS) is 12.4. The summed E-state index contributed by atoms with van der Waals surface area (Å²) in [6.45, 7) is 0. The summed E-state index contributed by atoms with van der Waals surface area (Å²) in [4.78, 5) is 0. The van der Waals surface area contributed by atoms with Crippen LogP contribution >= 0.6 is 0 Å². The van der Waals surface area contributed by atoms with Gasteiger partial charge in [0.25, 0.3) is 0 Å². The van der Waals surface area contributed by atoms with Crippen LogP contribution in [0.4, 0.5) is 0 Å². The largest absolute Gasteiger partial charge is 0.460 e. The third kappa shape index (κ3) is 3.83. The first-order valence-electron chi connectivity index (χ1n) is 16.9. The van der Waals surface area contributed by atoms with Crippen LogP contribution in [-0.2, 0) is 6.42 Å². The molecule has 2 nitrogen and oxygen atoms in total. The zero-order valence-electron chi connectivity index (χ0n) is 26.5. The minimum Gasteiger partial charge on any atom is -0.460 e. The molecule has 0 spiro atoms. The van der Waals surface area contributed by atoms with Crippen LogP contribution in [0.3, 0.4) is 0 Å². The highest BCUT2D eigenvalue weighted by Crippen LogP contribution is 2.47. The zero-order chi connectivity index (χ0) is 32.1. The summed E-state index contributed by atoms with van der Waals surface area (Å²) >= 11 is 0. The Hall–Kier alpha value is -6.38. The van der Waals surface area contributed by atoms with Crippen LogP contribution in [0.1, 0.15) is 11.1 Å². The van der Waals surface area contributed by atoms with Crippen molar-refractivity contribution in [3.63, 3.8) is 0 Å². The molecule has 8 aromatic carbocycles. The lowest BCUT2D eigenvalue weighted by Crippen LogP contribution is -1.91. The van der Waals surface area contributed by atoms with Gasteiger partial charge in [0.05, 0.1) is 6.26 Å². The number of rotatable bonds is 3.